The minimum Gasteiger partial charge on any atom is -0.467 e. The summed E-state index contributed by atoms with van der Waals surface area (Å²) in [5.74, 6) is -1.67. The number of esters is 2. The average Bonchev–Trinajstić information content (AvgIpc) is 3.19. The van der Waals surface area contributed by atoms with Gasteiger partial charge in [-0.05, 0) is 18.4 Å². The maximum absolute atomic E-state index is 13.0. The van der Waals surface area contributed by atoms with Gasteiger partial charge in [-0.3, -0.25) is 9.69 Å². The van der Waals surface area contributed by atoms with Gasteiger partial charge in [0.25, 0.3) is 5.91 Å². The molecule has 2 amide bonds. The van der Waals surface area contributed by atoms with Crippen LogP contribution in [-0.4, -0.2) is 55.1 Å². The fraction of sp³-hybridized carbons (Fsp3) is 0.400. The van der Waals surface area contributed by atoms with Crippen LogP contribution < -0.4 is 5.32 Å². The maximum Gasteiger partial charge on any atom is 0.408 e. The van der Waals surface area contributed by atoms with E-state index >= 15 is 0 Å². The number of carbonyl (C=O) groups is 4. The summed E-state index contributed by atoms with van der Waals surface area (Å²) in [5.41, 5.74) is 1.49. The van der Waals surface area contributed by atoms with Crippen LogP contribution in [0.15, 0.2) is 41.6 Å². The van der Waals surface area contributed by atoms with Gasteiger partial charge in [0, 0.05) is 12.1 Å². The van der Waals surface area contributed by atoms with E-state index in [9.17, 15) is 19.2 Å². The van der Waals surface area contributed by atoms with E-state index in [1.54, 1.807) is 12.1 Å². The monoisotopic (exact) mass is 402 g/mol. The Balaban J connectivity index is 1.76. The first-order valence-corrected chi connectivity index (χ1v) is 9.14. The van der Waals surface area contributed by atoms with Gasteiger partial charge in [0.15, 0.2) is 0 Å². The van der Waals surface area contributed by atoms with Crippen LogP contribution in [-0.2, 0) is 35.2 Å². The Labute approximate surface area is 167 Å². The average molecular weight is 402 g/mol. The number of hydrogen-bond acceptors (Lipinski definition) is 7. The van der Waals surface area contributed by atoms with Gasteiger partial charge in [-0.25, -0.2) is 14.4 Å². The van der Waals surface area contributed by atoms with Crippen molar-refractivity contribution in [3.8, 4) is 0 Å². The van der Waals surface area contributed by atoms with Crippen LogP contribution in [0.25, 0.3) is 0 Å². The predicted octanol–water partition coefficient (Wildman–Crippen LogP) is 1.28. The quantitative estimate of drug-likeness (QED) is 0.583. The minimum absolute atomic E-state index is 0.0348. The molecule has 0 aliphatic carbocycles. The third-order valence-corrected chi connectivity index (χ3v) is 4.96. The molecule has 2 aliphatic heterocycles. The second kappa shape index (κ2) is 8.76. The molecule has 0 spiro atoms. The number of fused-ring (bicyclic) bond motifs is 1. The Morgan fingerprint density at radius 2 is 1.86 bits per heavy atom. The molecule has 1 aromatic rings. The summed E-state index contributed by atoms with van der Waals surface area (Å²) in [6.07, 6.45) is -0.139. The predicted molar refractivity (Wildman–Crippen MR) is 99.1 cm³/mol. The molecule has 2 heterocycles. The lowest BCUT2D eigenvalue weighted by atomic mass is 9.97. The molecular formula is C20H22N2O7. The second-order valence-electron chi connectivity index (χ2n) is 6.67. The van der Waals surface area contributed by atoms with E-state index in [4.69, 9.17) is 14.2 Å². The number of hydrogen-bond donors (Lipinski definition) is 1. The van der Waals surface area contributed by atoms with Crippen molar-refractivity contribution >= 4 is 23.9 Å². The number of carbonyl (C=O) groups excluding carboxylic acids is 4. The number of alkyl carbamates (subject to hydrolysis) is 1. The van der Waals surface area contributed by atoms with E-state index in [0.29, 0.717) is 18.5 Å². The smallest absolute Gasteiger partial charge is 0.408 e. The van der Waals surface area contributed by atoms with Crippen molar-refractivity contribution in [1.29, 1.82) is 0 Å². The van der Waals surface area contributed by atoms with Crippen molar-refractivity contribution in [1.82, 2.24) is 10.2 Å². The lowest BCUT2D eigenvalue weighted by Gasteiger charge is -2.34. The number of rotatable bonds is 5. The summed E-state index contributed by atoms with van der Waals surface area (Å²) < 4.78 is 14.8. The molecule has 0 saturated carbocycles. The molecule has 29 heavy (non-hydrogen) atoms. The molecule has 2 aliphatic rings. The molecule has 0 aromatic heterocycles. The van der Waals surface area contributed by atoms with Gasteiger partial charge in [0.05, 0.1) is 19.8 Å². The van der Waals surface area contributed by atoms with Crippen molar-refractivity contribution < 1.29 is 33.4 Å². The third-order valence-electron chi connectivity index (χ3n) is 4.96. The summed E-state index contributed by atoms with van der Waals surface area (Å²) in [4.78, 5) is 50.7. The van der Waals surface area contributed by atoms with E-state index in [-0.39, 0.29) is 18.6 Å². The van der Waals surface area contributed by atoms with Crippen LogP contribution in [0.1, 0.15) is 24.8 Å². The summed E-state index contributed by atoms with van der Waals surface area (Å²) in [6.45, 7) is 0.0348. The highest BCUT2D eigenvalue weighted by Crippen LogP contribution is 2.37. The van der Waals surface area contributed by atoms with E-state index in [2.05, 4.69) is 5.32 Å². The first kappa shape index (κ1) is 20.4. The largest absolute Gasteiger partial charge is 0.467 e. The van der Waals surface area contributed by atoms with Crippen molar-refractivity contribution in [3.63, 3.8) is 0 Å². The van der Waals surface area contributed by atoms with Gasteiger partial charge >= 0.3 is 18.0 Å². The SMILES string of the molecule is COC(=O)C1=C2CC[C@@H](C(=O)OC)N2C(=O)[C@@H](NC(=O)OCc2ccccc2)C1. The summed E-state index contributed by atoms with van der Waals surface area (Å²) in [7, 11) is 2.47. The topological polar surface area (TPSA) is 111 Å². The fourth-order valence-corrected chi connectivity index (χ4v) is 3.57. The van der Waals surface area contributed by atoms with Gasteiger partial charge in [-0.2, -0.15) is 0 Å². The van der Waals surface area contributed by atoms with Gasteiger partial charge < -0.3 is 19.5 Å². The van der Waals surface area contributed by atoms with Crippen LogP contribution in [0.2, 0.25) is 0 Å². The molecule has 0 unspecified atom stereocenters. The molecule has 1 fully saturated rings. The van der Waals surface area contributed by atoms with Crippen LogP contribution in [0.4, 0.5) is 4.79 Å². The standard InChI is InChI=1S/C20H22N2O7/c1-27-18(24)13-10-14(21-20(26)29-11-12-6-4-3-5-7-12)17(23)22-15(13)8-9-16(22)19(25)28-2/h3-7,14,16H,8-11H2,1-2H3,(H,21,26)/t14-,16-/m0/s1. The molecule has 0 bridgehead atoms. The summed E-state index contributed by atoms with van der Waals surface area (Å²) >= 11 is 0. The Kier molecular flexibility index (Phi) is 6.16. The Bertz CT molecular complexity index is 850. The van der Waals surface area contributed by atoms with Crippen molar-refractivity contribution in [3.05, 3.63) is 47.2 Å². The van der Waals surface area contributed by atoms with Crippen molar-refractivity contribution in [2.75, 3.05) is 14.2 Å². The van der Waals surface area contributed by atoms with Crippen LogP contribution in [0.5, 0.6) is 0 Å². The number of amides is 2. The van der Waals surface area contributed by atoms with E-state index in [0.717, 1.165) is 5.56 Å². The van der Waals surface area contributed by atoms with Crippen molar-refractivity contribution in [2.24, 2.45) is 0 Å². The van der Waals surface area contributed by atoms with Crippen molar-refractivity contribution in [2.45, 2.75) is 38.0 Å². The summed E-state index contributed by atoms with van der Waals surface area (Å²) in [5, 5.41) is 2.49. The molecule has 3 rings (SSSR count). The zero-order valence-corrected chi connectivity index (χ0v) is 16.2. The number of nitrogens with one attached hydrogen (secondary N) is 1. The summed E-state index contributed by atoms with van der Waals surface area (Å²) in [6, 6.07) is 7.18. The zero-order chi connectivity index (χ0) is 21.0. The van der Waals surface area contributed by atoms with E-state index in [1.807, 2.05) is 18.2 Å². The molecule has 0 radical (unpaired) electrons. The maximum atomic E-state index is 13.0. The fourth-order valence-electron chi connectivity index (χ4n) is 3.57. The highest BCUT2D eigenvalue weighted by atomic mass is 16.5. The molecule has 9 nitrogen and oxygen atoms in total. The lowest BCUT2D eigenvalue weighted by Crippen LogP contribution is -2.54. The number of methoxy groups -OCH3 is 2. The van der Waals surface area contributed by atoms with Crippen LogP contribution in [0, 0.1) is 0 Å². The van der Waals surface area contributed by atoms with Gasteiger partial charge in [-0.15, -0.1) is 0 Å². The number of benzene rings is 1. The van der Waals surface area contributed by atoms with E-state index in [1.165, 1.54) is 19.1 Å². The first-order chi connectivity index (χ1) is 14.0. The molecule has 1 N–H and O–H groups in total. The molecule has 1 aromatic carbocycles. The Morgan fingerprint density at radius 1 is 1.14 bits per heavy atom. The highest BCUT2D eigenvalue weighted by Gasteiger charge is 2.47. The van der Waals surface area contributed by atoms with Gasteiger partial charge in [0.1, 0.15) is 18.7 Å². The number of nitrogens with zero attached hydrogens (tertiary/aromatic N) is 1. The highest BCUT2D eigenvalue weighted by molar-refractivity contribution is 5.99. The normalized spacial score (nSPS) is 20.8. The Hall–Kier alpha value is -3.36. The first-order valence-electron chi connectivity index (χ1n) is 9.14. The van der Waals surface area contributed by atoms with Gasteiger partial charge in [-0.1, -0.05) is 30.3 Å². The molecular weight excluding hydrogens is 380 g/mol. The molecule has 9 heteroatoms. The van der Waals surface area contributed by atoms with E-state index < -0.39 is 36.0 Å². The second-order valence-corrected chi connectivity index (χ2v) is 6.67. The zero-order valence-electron chi connectivity index (χ0n) is 16.2. The molecule has 154 valence electrons. The van der Waals surface area contributed by atoms with Gasteiger partial charge in [0.2, 0.25) is 0 Å². The lowest BCUT2D eigenvalue weighted by molar-refractivity contribution is -0.151. The molecule has 2 atom stereocenters. The Morgan fingerprint density at radius 3 is 2.52 bits per heavy atom. The van der Waals surface area contributed by atoms with Crippen LogP contribution in [0.3, 0.4) is 0 Å². The minimum atomic E-state index is -1.05. The number of ether oxygens (including phenoxy) is 3. The molecule has 1 saturated heterocycles. The third kappa shape index (κ3) is 4.23. The van der Waals surface area contributed by atoms with Crippen LogP contribution >= 0.6 is 0 Å². The number of allylic oxidation sites excluding steroid dienone is 1.